The van der Waals surface area contributed by atoms with Gasteiger partial charge in [0.2, 0.25) is 0 Å². The van der Waals surface area contributed by atoms with Gasteiger partial charge in [0.25, 0.3) is 5.91 Å². The molecule has 3 aromatic rings. The number of carbonyl (C=O) groups excluding carboxylic acids is 1. The summed E-state index contributed by atoms with van der Waals surface area (Å²) in [7, 11) is 0. The molecule has 5 heteroatoms. The minimum atomic E-state index is -0.587. The van der Waals surface area contributed by atoms with Crippen LogP contribution in [0.5, 0.6) is 5.75 Å². The first kappa shape index (κ1) is 17.6. The van der Waals surface area contributed by atoms with Crippen LogP contribution >= 0.6 is 0 Å². The predicted molar refractivity (Wildman–Crippen MR) is 99.3 cm³/mol. The normalized spacial score (nSPS) is 11.6. The van der Waals surface area contributed by atoms with Crippen LogP contribution in [-0.2, 0) is 17.9 Å². The summed E-state index contributed by atoms with van der Waals surface area (Å²) < 4.78 is 5.81. The molecule has 0 saturated heterocycles. The van der Waals surface area contributed by atoms with Gasteiger partial charge in [-0.1, -0.05) is 24.3 Å². The Bertz CT molecular complexity index is 769. The lowest BCUT2D eigenvalue weighted by molar-refractivity contribution is -0.139. The van der Waals surface area contributed by atoms with E-state index in [9.17, 15) is 4.79 Å². The summed E-state index contributed by atoms with van der Waals surface area (Å²) in [5, 5.41) is 0. The van der Waals surface area contributed by atoms with Crippen molar-refractivity contribution in [3.8, 4) is 5.75 Å². The smallest absolute Gasteiger partial charge is 0.263 e. The first-order valence-electron chi connectivity index (χ1n) is 8.50. The van der Waals surface area contributed by atoms with E-state index < -0.39 is 6.10 Å². The van der Waals surface area contributed by atoms with E-state index in [1.165, 1.54) is 0 Å². The minimum absolute atomic E-state index is 0.0745. The zero-order valence-corrected chi connectivity index (χ0v) is 14.7. The third-order valence-electron chi connectivity index (χ3n) is 3.93. The molecule has 0 bridgehead atoms. The molecule has 0 saturated carbocycles. The summed E-state index contributed by atoms with van der Waals surface area (Å²) >= 11 is 0. The van der Waals surface area contributed by atoms with Crippen LogP contribution < -0.4 is 4.74 Å². The van der Waals surface area contributed by atoms with Gasteiger partial charge in [0.05, 0.1) is 0 Å². The number of para-hydroxylation sites is 1. The summed E-state index contributed by atoms with van der Waals surface area (Å²) in [4.78, 5) is 23.0. The second kappa shape index (κ2) is 8.76. The lowest BCUT2D eigenvalue weighted by Crippen LogP contribution is -2.39. The van der Waals surface area contributed by atoms with Crippen LogP contribution in [0.15, 0.2) is 79.4 Å². The van der Waals surface area contributed by atoms with E-state index in [-0.39, 0.29) is 5.91 Å². The number of carbonyl (C=O) groups is 1. The number of rotatable bonds is 7. The first-order valence-corrected chi connectivity index (χ1v) is 8.50. The maximum atomic E-state index is 13.0. The zero-order valence-electron chi connectivity index (χ0n) is 14.7. The van der Waals surface area contributed by atoms with Crippen molar-refractivity contribution in [2.24, 2.45) is 0 Å². The average Bonchev–Trinajstić information content (AvgIpc) is 2.69. The summed E-state index contributed by atoms with van der Waals surface area (Å²) in [6, 6.07) is 17.0. The van der Waals surface area contributed by atoms with Crippen molar-refractivity contribution in [1.82, 2.24) is 14.9 Å². The number of amides is 1. The maximum Gasteiger partial charge on any atom is 0.263 e. The third kappa shape index (κ3) is 4.89. The number of pyridine rings is 2. The highest BCUT2D eigenvalue weighted by Crippen LogP contribution is 2.15. The predicted octanol–water partition coefficient (Wildman–Crippen LogP) is 3.47. The lowest BCUT2D eigenvalue weighted by atomic mass is 10.2. The Balaban J connectivity index is 1.75. The summed E-state index contributed by atoms with van der Waals surface area (Å²) in [5.74, 6) is 0.605. The largest absolute Gasteiger partial charge is 0.481 e. The fraction of sp³-hybridized carbons (Fsp3) is 0.190. The fourth-order valence-electron chi connectivity index (χ4n) is 2.64. The maximum absolute atomic E-state index is 13.0. The Morgan fingerprint density at radius 2 is 1.65 bits per heavy atom. The van der Waals surface area contributed by atoms with E-state index in [4.69, 9.17) is 4.74 Å². The van der Waals surface area contributed by atoms with Crippen LogP contribution in [0.2, 0.25) is 0 Å². The molecule has 1 atom stereocenters. The summed E-state index contributed by atoms with van der Waals surface area (Å²) in [6.07, 6.45) is 6.36. The van der Waals surface area contributed by atoms with Gasteiger partial charge in [0.15, 0.2) is 6.10 Å². The third-order valence-corrected chi connectivity index (χ3v) is 3.93. The van der Waals surface area contributed by atoms with E-state index >= 15 is 0 Å². The molecule has 0 N–H and O–H groups in total. The van der Waals surface area contributed by atoms with Crippen LogP contribution in [0.1, 0.15) is 18.1 Å². The van der Waals surface area contributed by atoms with Gasteiger partial charge in [0.1, 0.15) is 5.75 Å². The van der Waals surface area contributed by atoms with Crippen LogP contribution in [-0.4, -0.2) is 26.9 Å². The lowest BCUT2D eigenvalue weighted by Gasteiger charge is -2.26. The Morgan fingerprint density at radius 3 is 2.35 bits per heavy atom. The van der Waals surface area contributed by atoms with Crippen molar-refractivity contribution in [2.75, 3.05) is 0 Å². The van der Waals surface area contributed by atoms with Gasteiger partial charge in [-0.15, -0.1) is 0 Å². The van der Waals surface area contributed by atoms with Gasteiger partial charge >= 0.3 is 0 Å². The first-order chi connectivity index (χ1) is 12.7. The van der Waals surface area contributed by atoms with Crippen LogP contribution in [0.25, 0.3) is 0 Å². The van der Waals surface area contributed by atoms with Crippen LogP contribution in [0, 0.1) is 0 Å². The molecule has 0 fully saturated rings. The summed E-state index contributed by atoms with van der Waals surface area (Å²) in [6.45, 7) is 2.73. The average molecular weight is 347 g/mol. The van der Waals surface area contributed by atoms with Crippen molar-refractivity contribution in [2.45, 2.75) is 26.1 Å². The van der Waals surface area contributed by atoms with Crippen molar-refractivity contribution in [3.63, 3.8) is 0 Å². The molecule has 5 nitrogen and oxygen atoms in total. The van der Waals surface area contributed by atoms with E-state index in [1.807, 2.05) is 54.6 Å². The van der Waals surface area contributed by atoms with Crippen molar-refractivity contribution >= 4 is 5.91 Å². The van der Waals surface area contributed by atoms with Crippen LogP contribution in [0.4, 0.5) is 0 Å². The van der Waals surface area contributed by atoms with Gasteiger partial charge in [-0.25, -0.2) is 0 Å². The molecular formula is C21H21N3O2. The Kier molecular flexibility index (Phi) is 5.93. The number of hydrogen-bond acceptors (Lipinski definition) is 4. The molecule has 0 aliphatic heterocycles. The minimum Gasteiger partial charge on any atom is -0.481 e. The Labute approximate surface area is 153 Å². The number of benzene rings is 1. The molecule has 26 heavy (non-hydrogen) atoms. The van der Waals surface area contributed by atoms with Gasteiger partial charge < -0.3 is 9.64 Å². The monoisotopic (exact) mass is 347 g/mol. The highest BCUT2D eigenvalue weighted by molar-refractivity contribution is 5.80. The van der Waals surface area contributed by atoms with Crippen molar-refractivity contribution < 1.29 is 9.53 Å². The second-order valence-electron chi connectivity index (χ2n) is 5.98. The number of aromatic nitrogens is 2. The summed E-state index contributed by atoms with van der Waals surface area (Å²) in [5.41, 5.74) is 1.99. The molecule has 0 unspecified atom stereocenters. The zero-order chi connectivity index (χ0) is 18.2. The molecule has 2 heterocycles. The SMILES string of the molecule is C[C@H](Oc1ccccc1)C(=O)N(Cc1ccncc1)Cc1cccnc1. The van der Waals surface area contributed by atoms with Crippen molar-refractivity contribution in [1.29, 1.82) is 0 Å². The van der Waals surface area contributed by atoms with Gasteiger partial charge in [0, 0.05) is 37.9 Å². The van der Waals surface area contributed by atoms with E-state index in [0.29, 0.717) is 18.8 Å². The number of nitrogens with zero attached hydrogens (tertiary/aromatic N) is 3. The molecule has 0 aliphatic carbocycles. The molecule has 0 aliphatic rings. The topological polar surface area (TPSA) is 55.3 Å². The number of ether oxygens (including phenoxy) is 1. The van der Waals surface area contributed by atoms with Crippen molar-refractivity contribution in [3.05, 3.63) is 90.5 Å². The van der Waals surface area contributed by atoms with Gasteiger partial charge in [-0.3, -0.25) is 14.8 Å². The quantitative estimate of drug-likeness (QED) is 0.657. The standard InChI is InChI=1S/C21H21N3O2/c1-17(26-20-7-3-2-4-8-20)21(25)24(15-18-9-12-22-13-10-18)16-19-6-5-11-23-14-19/h2-14,17H,15-16H2,1H3/t17-/m0/s1. The van der Waals surface area contributed by atoms with Gasteiger partial charge in [-0.2, -0.15) is 0 Å². The Morgan fingerprint density at radius 1 is 0.923 bits per heavy atom. The molecule has 2 aromatic heterocycles. The fourth-order valence-corrected chi connectivity index (χ4v) is 2.64. The second-order valence-corrected chi connectivity index (χ2v) is 5.98. The molecule has 0 spiro atoms. The van der Waals surface area contributed by atoms with E-state index in [2.05, 4.69) is 9.97 Å². The molecule has 1 aromatic carbocycles. The highest BCUT2D eigenvalue weighted by atomic mass is 16.5. The highest BCUT2D eigenvalue weighted by Gasteiger charge is 2.22. The van der Waals surface area contributed by atoms with Crippen LogP contribution in [0.3, 0.4) is 0 Å². The molecule has 1 amide bonds. The van der Waals surface area contributed by atoms with E-state index in [1.54, 1.807) is 36.6 Å². The number of hydrogen-bond donors (Lipinski definition) is 0. The van der Waals surface area contributed by atoms with Gasteiger partial charge in [-0.05, 0) is 48.4 Å². The Hall–Kier alpha value is -3.21. The van der Waals surface area contributed by atoms with E-state index in [0.717, 1.165) is 11.1 Å². The molecule has 0 radical (unpaired) electrons. The molecule has 3 rings (SSSR count). The molecular weight excluding hydrogens is 326 g/mol. The molecule has 132 valence electrons.